The number of aromatic nitrogens is 1. The van der Waals surface area contributed by atoms with Crippen LogP contribution in [0.4, 0.5) is 5.69 Å². The zero-order valence-corrected chi connectivity index (χ0v) is 15.5. The van der Waals surface area contributed by atoms with Crippen molar-refractivity contribution < 1.29 is 0 Å². The van der Waals surface area contributed by atoms with Crippen LogP contribution in [0, 0.1) is 18.3 Å². The summed E-state index contributed by atoms with van der Waals surface area (Å²) in [6, 6.07) is 22.7. The molecule has 1 heterocycles. The van der Waals surface area contributed by atoms with Gasteiger partial charge in [-0.15, -0.1) is 0 Å². The number of benzene rings is 3. The molecule has 3 nitrogen and oxygen atoms in total. The summed E-state index contributed by atoms with van der Waals surface area (Å²) in [5.41, 5.74) is 14.3. The van der Waals surface area contributed by atoms with Gasteiger partial charge in [-0.05, 0) is 66.4 Å². The predicted molar refractivity (Wildman–Crippen MR) is 112 cm³/mol. The van der Waals surface area contributed by atoms with Gasteiger partial charge in [0.15, 0.2) is 0 Å². The quantitative estimate of drug-likeness (QED) is 0.487. The molecule has 0 unspecified atom stereocenters. The second kappa shape index (κ2) is 6.66. The first-order chi connectivity index (χ1) is 13.1. The van der Waals surface area contributed by atoms with E-state index >= 15 is 0 Å². The van der Waals surface area contributed by atoms with Crippen LogP contribution < -0.4 is 5.73 Å². The summed E-state index contributed by atoms with van der Waals surface area (Å²) in [5.74, 6) is 0. The summed E-state index contributed by atoms with van der Waals surface area (Å²) >= 11 is 0. The number of fused-ring (bicyclic) bond motifs is 1. The molecule has 0 aliphatic carbocycles. The average Bonchev–Trinajstić information content (AvgIpc) is 3.08. The Morgan fingerprint density at radius 3 is 2.48 bits per heavy atom. The minimum absolute atomic E-state index is 0.657. The van der Waals surface area contributed by atoms with Crippen molar-refractivity contribution in [3.8, 4) is 22.9 Å². The van der Waals surface area contributed by atoms with E-state index in [4.69, 9.17) is 5.73 Å². The number of nitrogens with two attached hydrogens (primary N) is 1. The van der Waals surface area contributed by atoms with Crippen LogP contribution in [0.5, 0.6) is 0 Å². The molecule has 2 N–H and O–H groups in total. The molecule has 0 radical (unpaired) electrons. The standard InChI is InChI=1S/C24H21N3/c1-3-17-7-10-19(11-8-17)27-15-22(20-5-4-6-23(26)16(20)2)21-13-18(14-25)9-12-24(21)27/h4-13,15H,3,26H2,1-2H3. The van der Waals surface area contributed by atoms with Crippen LogP contribution in [-0.2, 0) is 6.42 Å². The highest BCUT2D eigenvalue weighted by Crippen LogP contribution is 2.36. The fourth-order valence-electron chi connectivity index (χ4n) is 3.57. The first-order valence-corrected chi connectivity index (χ1v) is 9.12. The van der Waals surface area contributed by atoms with E-state index < -0.39 is 0 Å². The Labute approximate surface area is 159 Å². The van der Waals surface area contributed by atoms with Gasteiger partial charge in [0.05, 0.1) is 17.1 Å². The van der Waals surface area contributed by atoms with Crippen molar-refractivity contribution in [2.24, 2.45) is 0 Å². The lowest BCUT2D eigenvalue weighted by molar-refractivity contribution is 1.10. The Balaban J connectivity index is 2.01. The molecule has 0 atom stereocenters. The molecular formula is C24H21N3. The van der Waals surface area contributed by atoms with Crippen molar-refractivity contribution in [3.05, 3.63) is 83.6 Å². The summed E-state index contributed by atoms with van der Waals surface area (Å²) in [7, 11) is 0. The van der Waals surface area contributed by atoms with Crippen molar-refractivity contribution >= 4 is 16.6 Å². The third-order valence-corrected chi connectivity index (χ3v) is 5.22. The number of nitriles is 1. The van der Waals surface area contributed by atoms with E-state index in [0.29, 0.717) is 5.56 Å². The van der Waals surface area contributed by atoms with Gasteiger partial charge in [0.1, 0.15) is 0 Å². The molecule has 1 aromatic heterocycles. The number of aryl methyl sites for hydroxylation is 1. The molecule has 0 saturated carbocycles. The Bertz CT molecular complexity index is 1170. The van der Waals surface area contributed by atoms with Crippen molar-refractivity contribution in [3.63, 3.8) is 0 Å². The number of rotatable bonds is 3. The van der Waals surface area contributed by atoms with Crippen LogP contribution in [0.15, 0.2) is 66.9 Å². The molecule has 0 fully saturated rings. The fraction of sp³-hybridized carbons (Fsp3) is 0.125. The molecule has 4 rings (SSSR count). The lowest BCUT2D eigenvalue weighted by Gasteiger charge is -2.07. The second-order valence-electron chi connectivity index (χ2n) is 6.80. The summed E-state index contributed by atoms with van der Waals surface area (Å²) in [4.78, 5) is 0. The van der Waals surface area contributed by atoms with Gasteiger partial charge in [-0.25, -0.2) is 0 Å². The van der Waals surface area contributed by atoms with Gasteiger partial charge in [-0.2, -0.15) is 5.26 Å². The summed E-state index contributed by atoms with van der Waals surface area (Å²) in [6.07, 6.45) is 3.17. The molecule has 0 aliphatic heterocycles. The van der Waals surface area contributed by atoms with Gasteiger partial charge >= 0.3 is 0 Å². The number of anilines is 1. The highest BCUT2D eigenvalue weighted by atomic mass is 15.0. The van der Waals surface area contributed by atoms with Crippen molar-refractivity contribution in [2.75, 3.05) is 5.73 Å². The van der Waals surface area contributed by atoms with E-state index in [2.05, 4.69) is 54.1 Å². The third kappa shape index (κ3) is 2.86. The normalized spacial score (nSPS) is 10.9. The fourth-order valence-corrected chi connectivity index (χ4v) is 3.57. The monoisotopic (exact) mass is 351 g/mol. The number of hydrogen-bond acceptors (Lipinski definition) is 2. The van der Waals surface area contributed by atoms with Gasteiger partial charge in [0.2, 0.25) is 0 Å². The van der Waals surface area contributed by atoms with Crippen molar-refractivity contribution in [1.29, 1.82) is 5.26 Å². The van der Waals surface area contributed by atoms with Gasteiger partial charge in [0.25, 0.3) is 0 Å². The van der Waals surface area contributed by atoms with E-state index in [1.54, 1.807) is 0 Å². The van der Waals surface area contributed by atoms with E-state index in [-0.39, 0.29) is 0 Å². The van der Waals surface area contributed by atoms with Crippen LogP contribution in [0.1, 0.15) is 23.6 Å². The molecule has 4 aromatic rings. The zero-order chi connectivity index (χ0) is 19.0. The lowest BCUT2D eigenvalue weighted by atomic mass is 9.98. The van der Waals surface area contributed by atoms with E-state index in [1.165, 1.54) is 5.56 Å². The Hall–Kier alpha value is -3.51. The number of nitrogens with zero attached hydrogens (tertiary/aromatic N) is 2. The molecule has 132 valence electrons. The Morgan fingerprint density at radius 2 is 1.78 bits per heavy atom. The topological polar surface area (TPSA) is 54.7 Å². The zero-order valence-electron chi connectivity index (χ0n) is 15.5. The second-order valence-corrected chi connectivity index (χ2v) is 6.80. The summed E-state index contributed by atoms with van der Waals surface area (Å²) in [5, 5.41) is 10.4. The Morgan fingerprint density at radius 1 is 1.00 bits per heavy atom. The smallest absolute Gasteiger partial charge is 0.0991 e. The van der Waals surface area contributed by atoms with Gasteiger partial charge in [0, 0.05) is 28.5 Å². The van der Waals surface area contributed by atoms with E-state index in [1.807, 2.05) is 37.3 Å². The first-order valence-electron chi connectivity index (χ1n) is 9.12. The molecule has 0 amide bonds. The molecule has 0 aliphatic rings. The first kappa shape index (κ1) is 16.9. The summed E-state index contributed by atoms with van der Waals surface area (Å²) < 4.78 is 2.19. The molecular weight excluding hydrogens is 330 g/mol. The molecule has 3 aromatic carbocycles. The van der Waals surface area contributed by atoms with Gasteiger partial charge < -0.3 is 10.3 Å². The van der Waals surface area contributed by atoms with Crippen LogP contribution in [0.3, 0.4) is 0 Å². The van der Waals surface area contributed by atoms with Gasteiger partial charge in [-0.3, -0.25) is 0 Å². The molecule has 27 heavy (non-hydrogen) atoms. The highest BCUT2D eigenvalue weighted by Gasteiger charge is 2.14. The van der Waals surface area contributed by atoms with Crippen LogP contribution in [-0.4, -0.2) is 4.57 Å². The minimum atomic E-state index is 0.657. The summed E-state index contributed by atoms with van der Waals surface area (Å²) in [6.45, 7) is 4.20. The van der Waals surface area contributed by atoms with E-state index in [0.717, 1.165) is 45.4 Å². The van der Waals surface area contributed by atoms with Crippen molar-refractivity contribution in [1.82, 2.24) is 4.57 Å². The average molecular weight is 351 g/mol. The van der Waals surface area contributed by atoms with Crippen LogP contribution in [0.2, 0.25) is 0 Å². The number of hydrogen-bond donors (Lipinski definition) is 1. The van der Waals surface area contributed by atoms with E-state index in [9.17, 15) is 5.26 Å². The predicted octanol–water partition coefficient (Wildman–Crippen LogP) is 5.62. The molecule has 3 heteroatoms. The highest BCUT2D eigenvalue weighted by molar-refractivity contribution is 5.99. The SMILES string of the molecule is CCc1ccc(-n2cc(-c3cccc(N)c3C)c3cc(C#N)ccc32)cc1. The van der Waals surface area contributed by atoms with Gasteiger partial charge in [-0.1, -0.05) is 31.2 Å². The largest absolute Gasteiger partial charge is 0.398 e. The Kier molecular flexibility index (Phi) is 4.18. The molecule has 0 spiro atoms. The molecule has 0 saturated heterocycles. The van der Waals surface area contributed by atoms with Crippen LogP contribution >= 0.6 is 0 Å². The molecule has 0 bridgehead atoms. The third-order valence-electron chi connectivity index (χ3n) is 5.22. The number of nitrogen functional groups attached to an aromatic ring is 1. The van der Waals surface area contributed by atoms with Crippen molar-refractivity contribution in [2.45, 2.75) is 20.3 Å². The van der Waals surface area contributed by atoms with Crippen LogP contribution in [0.25, 0.3) is 27.7 Å². The maximum absolute atomic E-state index is 9.36. The maximum atomic E-state index is 9.36. The lowest BCUT2D eigenvalue weighted by Crippen LogP contribution is -1.93. The maximum Gasteiger partial charge on any atom is 0.0991 e. The minimum Gasteiger partial charge on any atom is -0.398 e.